The summed E-state index contributed by atoms with van der Waals surface area (Å²) < 4.78 is 5.65. The number of nitrogens with zero attached hydrogens (tertiary/aromatic N) is 1. The topological polar surface area (TPSA) is 55.6 Å². The van der Waals surface area contributed by atoms with E-state index in [0.29, 0.717) is 18.9 Å². The van der Waals surface area contributed by atoms with Gasteiger partial charge < -0.3 is 15.4 Å². The molecule has 0 radical (unpaired) electrons. The minimum Gasteiger partial charge on any atom is -0.378 e. The molecule has 2 saturated heterocycles. The summed E-state index contributed by atoms with van der Waals surface area (Å²) in [5.41, 5.74) is 5.80. The van der Waals surface area contributed by atoms with Gasteiger partial charge in [-0.25, -0.2) is 0 Å². The number of nitrogens with two attached hydrogens (primary N) is 1. The van der Waals surface area contributed by atoms with Crippen LogP contribution in [0.3, 0.4) is 0 Å². The molecule has 4 nitrogen and oxygen atoms in total. The average molecular weight is 291 g/mol. The van der Waals surface area contributed by atoms with Gasteiger partial charge in [-0.1, -0.05) is 6.92 Å². The molecule has 2 aliphatic rings. The lowest BCUT2D eigenvalue weighted by atomic mass is 9.92. The van der Waals surface area contributed by atoms with Crippen LogP contribution >= 0.6 is 12.4 Å². The van der Waals surface area contributed by atoms with E-state index >= 15 is 0 Å². The summed E-state index contributed by atoms with van der Waals surface area (Å²) in [7, 11) is 0. The van der Waals surface area contributed by atoms with E-state index in [1.165, 1.54) is 6.42 Å². The Labute approximate surface area is 122 Å². The third-order valence-corrected chi connectivity index (χ3v) is 4.25. The molecule has 0 aliphatic carbocycles. The fourth-order valence-electron chi connectivity index (χ4n) is 3.08. The van der Waals surface area contributed by atoms with E-state index in [9.17, 15) is 4.79 Å². The fraction of sp³-hybridized carbons (Fsp3) is 0.929. The molecule has 1 amide bonds. The van der Waals surface area contributed by atoms with E-state index in [1.807, 2.05) is 4.90 Å². The van der Waals surface area contributed by atoms with Crippen molar-refractivity contribution in [2.75, 3.05) is 19.7 Å². The molecule has 0 aromatic heterocycles. The van der Waals surface area contributed by atoms with Gasteiger partial charge in [0.1, 0.15) is 0 Å². The van der Waals surface area contributed by atoms with Gasteiger partial charge in [0, 0.05) is 25.7 Å². The van der Waals surface area contributed by atoms with E-state index in [-0.39, 0.29) is 30.5 Å². The molecule has 0 aromatic carbocycles. The second-order valence-electron chi connectivity index (χ2n) is 5.80. The van der Waals surface area contributed by atoms with Crippen LogP contribution in [0.5, 0.6) is 0 Å². The predicted octanol–water partition coefficient (Wildman–Crippen LogP) is 1.95. The van der Waals surface area contributed by atoms with Gasteiger partial charge in [-0.05, 0) is 38.0 Å². The minimum atomic E-state index is 0. The van der Waals surface area contributed by atoms with Gasteiger partial charge >= 0.3 is 0 Å². The van der Waals surface area contributed by atoms with Gasteiger partial charge in [-0.15, -0.1) is 12.4 Å². The number of likely N-dealkylation sites (tertiary alicyclic amines) is 1. The summed E-state index contributed by atoms with van der Waals surface area (Å²) in [5.74, 6) is 0.929. The molecule has 0 aromatic rings. The van der Waals surface area contributed by atoms with Gasteiger partial charge in [-0.3, -0.25) is 4.79 Å². The SMILES string of the molecule is CC1CCN(C(=O)CC2CCCCO2)C(CN)C1.Cl. The van der Waals surface area contributed by atoms with Crippen LogP contribution in [0.4, 0.5) is 0 Å². The number of hydrogen-bond donors (Lipinski definition) is 1. The first-order valence-electron chi connectivity index (χ1n) is 7.32. The highest BCUT2D eigenvalue weighted by atomic mass is 35.5. The highest BCUT2D eigenvalue weighted by molar-refractivity contribution is 5.85. The summed E-state index contributed by atoms with van der Waals surface area (Å²) in [6.45, 7) is 4.51. The van der Waals surface area contributed by atoms with Crippen LogP contribution in [0.2, 0.25) is 0 Å². The van der Waals surface area contributed by atoms with Crippen molar-refractivity contribution in [3.63, 3.8) is 0 Å². The van der Waals surface area contributed by atoms with Crippen molar-refractivity contribution in [3.05, 3.63) is 0 Å². The van der Waals surface area contributed by atoms with Crippen LogP contribution < -0.4 is 5.73 Å². The zero-order valence-corrected chi connectivity index (χ0v) is 12.7. The van der Waals surface area contributed by atoms with Crippen LogP contribution in [-0.2, 0) is 9.53 Å². The molecule has 2 N–H and O–H groups in total. The number of halogens is 1. The second kappa shape index (κ2) is 8.08. The van der Waals surface area contributed by atoms with Gasteiger partial charge in [0.25, 0.3) is 0 Å². The van der Waals surface area contributed by atoms with Gasteiger partial charge in [-0.2, -0.15) is 0 Å². The second-order valence-corrected chi connectivity index (χ2v) is 5.80. The first kappa shape index (κ1) is 16.7. The van der Waals surface area contributed by atoms with Crippen molar-refractivity contribution >= 4 is 18.3 Å². The van der Waals surface area contributed by atoms with E-state index in [2.05, 4.69) is 6.92 Å². The summed E-state index contributed by atoms with van der Waals surface area (Å²) in [4.78, 5) is 14.3. The maximum atomic E-state index is 12.3. The molecule has 2 fully saturated rings. The highest BCUT2D eigenvalue weighted by Crippen LogP contribution is 2.24. The minimum absolute atomic E-state index is 0. The van der Waals surface area contributed by atoms with Crippen molar-refractivity contribution in [1.29, 1.82) is 0 Å². The molecular formula is C14H27ClN2O2. The first-order chi connectivity index (χ1) is 8.70. The normalized spacial score (nSPS) is 31.7. The quantitative estimate of drug-likeness (QED) is 0.864. The van der Waals surface area contributed by atoms with Gasteiger partial charge in [0.05, 0.1) is 12.5 Å². The molecule has 5 heteroatoms. The lowest BCUT2D eigenvalue weighted by Crippen LogP contribution is -2.50. The Balaban J connectivity index is 0.00000180. The number of ether oxygens (including phenoxy) is 1. The Hall–Kier alpha value is -0.320. The molecule has 112 valence electrons. The molecule has 3 atom stereocenters. The number of carbonyl (C=O) groups excluding carboxylic acids is 1. The van der Waals surface area contributed by atoms with E-state index in [0.717, 1.165) is 38.8 Å². The Kier molecular flexibility index (Phi) is 7.11. The molecule has 0 saturated carbocycles. The molecule has 2 aliphatic heterocycles. The number of piperidine rings is 1. The standard InChI is InChI=1S/C14H26N2O2.ClH/c1-11-5-6-16(12(8-11)10-15)14(17)9-13-4-2-3-7-18-13;/h11-13H,2-10,15H2,1H3;1H. The average Bonchev–Trinajstić information content (AvgIpc) is 2.39. The number of hydrogen-bond acceptors (Lipinski definition) is 3. The molecule has 2 heterocycles. The predicted molar refractivity (Wildman–Crippen MR) is 78.4 cm³/mol. The lowest BCUT2D eigenvalue weighted by molar-refractivity contribution is -0.139. The van der Waals surface area contributed by atoms with E-state index in [1.54, 1.807) is 0 Å². The molecule has 19 heavy (non-hydrogen) atoms. The third-order valence-electron chi connectivity index (χ3n) is 4.25. The maximum absolute atomic E-state index is 12.3. The molecule has 0 bridgehead atoms. The van der Waals surface area contributed by atoms with E-state index < -0.39 is 0 Å². The summed E-state index contributed by atoms with van der Waals surface area (Å²) in [6.07, 6.45) is 6.20. The molecular weight excluding hydrogens is 264 g/mol. The molecule has 2 rings (SSSR count). The van der Waals surface area contributed by atoms with Crippen molar-refractivity contribution < 1.29 is 9.53 Å². The largest absolute Gasteiger partial charge is 0.378 e. The van der Waals surface area contributed by atoms with Crippen molar-refractivity contribution in [3.8, 4) is 0 Å². The summed E-state index contributed by atoms with van der Waals surface area (Å²) in [6, 6.07) is 0.241. The van der Waals surface area contributed by atoms with Gasteiger partial charge in [0.15, 0.2) is 0 Å². The fourth-order valence-corrected chi connectivity index (χ4v) is 3.08. The van der Waals surface area contributed by atoms with Gasteiger partial charge in [0.2, 0.25) is 5.91 Å². The molecule has 0 spiro atoms. The van der Waals surface area contributed by atoms with Crippen molar-refractivity contribution in [1.82, 2.24) is 4.90 Å². The summed E-state index contributed by atoms with van der Waals surface area (Å²) in [5, 5.41) is 0. The van der Waals surface area contributed by atoms with Crippen LogP contribution in [0.1, 0.15) is 45.4 Å². The summed E-state index contributed by atoms with van der Waals surface area (Å²) >= 11 is 0. The Morgan fingerprint density at radius 3 is 2.79 bits per heavy atom. The smallest absolute Gasteiger partial charge is 0.225 e. The van der Waals surface area contributed by atoms with Crippen LogP contribution in [0.25, 0.3) is 0 Å². The van der Waals surface area contributed by atoms with Crippen molar-refractivity contribution in [2.45, 2.75) is 57.6 Å². The van der Waals surface area contributed by atoms with Crippen LogP contribution in [0.15, 0.2) is 0 Å². The Morgan fingerprint density at radius 2 is 2.16 bits per heavy atom. The number of rotatable bonds is 3. The zero-order valence-electron chi connectivity index (χ0n) is 11.8. The van der Waals surface area contributed by atoms with Crippen LogP contribution in [-0.4, -0.2) is 42.6 Å². The number of carbonyl (C=O) groups is 1. The Morgan fingerprint density at radius 1 is 1.37 bits per heavy atom. The number of amides is 1. The third kappa shape index (κ3) is 4.62. The monoisotopic (exact) mass is 290 g/mol. The lowest BCUT2D eigenvalue weighted by Gasteiger charge is -2.39. The van der Waals surface area contributed by atoms with E-state index in [4.69, 9.17) is 10.5 Å². The first-order valence-corrected chi connectivity index (χ1v) is 7.32. The maximum Gasteiger partial charge on any atom is 0.225 e. The molecule has 3 unspecified atom stereocenters. The van der Waals surface area contributed by atoms with Crippen molar-refractivity contribution in [2.24, 2.45) is 11.7 Å². The Bertz CT molecular complexity index is 283. The van der Waals surface area contributed by atoms with Crippen LogP contribution in [0, 0.1) is 5.92 Å². The zero-order chi connectivity index (χ0) is 13.0. The highest BCUT2D eigenvalue weighted by Gasteiger charge is 2.30.